The van der Waals surface area contributed by atoms with E-state index < -0.39 is 11.7 Å². The summed E-state index contributed by atoms with van der Waals surface area (Å²) in [6, 6.07) is 12.6. The number of carbonyl (C=O) groups excluding carboxylic acids is 1. The van der Waals surface area contributed by atoms with Gasteiger partial charge in [0.25, 0.3) is 5.91 Å². The lowest BCUT2D eigenvalue weighted by atomic mass is 9.98. The highest BCUT2D eigenvalue weighted by Gasteiger charge is 2.30. The van der Waals surface area contributed by atoms with E-state index in [-0.39, 0.29) is 5.91 Å². The first kappa shape index (κ1) is 22.6. The van der Waals surface area contributed by atoms with Crippen LogP contribution in [0.5, 0.6) is 0 Å². The largest absolute Gasteiger partial charge is 0.416 e. The molecule has 0 spiro atoms. The third kappa shape index (κ3) is 5.52. The second kappa shape index (κ2) is 9.35. The van der Waals surface area contributed by atoms with Crippen LogP contribution in [0.2, 0.25) is 0 Å². The van der Waals surface area contributed by atoms with Crippen LogP contribution >= 0.6 is 0 Å². The van der Waals surface area contributed by atoms with E-state index in [1.165, 1.54) is 24.1 Å². The van der Waals surface area contributed by atoms with Crippen LogP contribution in [0, 0.1) is 0 Å². The van der Waals surface area contributed by atoms with Crippen molar-refractivity contribution in [2.75, 3.05) is 18.9 Å². The van der Waals surface area contributed by atoms with Crippen LogP contribution in [-0.4, -0.2) is 30.6 Å². The molecule has 0 atom stereocenters. The van der Waals surface area contributed by atoms with Gasteiger partial charge >= 0.3 is 6.18 Å². The molecule has 3 nitrogen and oxygen atoms in total. The molecule has 1 amide bonds. The van der Waals surface area contributed by atoms with Gasteiger partial charge < -0.3 is 10.2 Å². The lowest BCUT2D eigenvalue weighted by molar-refractivity contribution is -0.0883. The SMILES string of the molecule is C=C(/C=C\C(=C/C)C(F)(F)F)c1ccccc1C(=O)Nc1ccc2c(c1)CCN(C)C2. The van der Waals surface area contributed by atoms with Gasteiger partial charge in [-0.25, -0.2) is 0 Å². The van der Waals surface area contributed by atoms with E-state index in [0.29, 0.717) is 22.4 Å². The summed E-state index contributed by atoms with van der Waals surface area (Å²) in [5.74, 6) is -0.333. The molecule has 1 aliphatic heterocycles. The van der Waals surface area contributed by atoms with E-state index in [9.17, 15) is 18.0 Å². The van der Waals surface area contributed by atoms with Gasteiger partial charge in [-0.1, -0.05) is 43.0 Å². The van der Waals surface area contributed by atoms with Crippen LogP contribution < -0.4 is 5.32 Å². The predicted molar refractivity (Wildman–Crippen MR) is 119 cm³/mol. The molecule has 3 rings (SSSR count). The summed E-state index contributed by atoms with van der Waals surface area (Å²) in [4.78, 5) is 15.2. The Hall–Kier alpha value is -3.12. The van der Waals surface area contributed by atoms with Gasteiger partial charge in [-0.3, -0.25) is 4.79 Å². The van der Waals surface area contributed by atoms with Crippen LogP contribution in [0.3, 0.4) is 0 Å². The van der Waals surface area contributed by atoms with Gasteiger partial charge in [0.05, 0.1) is 5.57 Å². The summed E-state index contributed by atoms with van der Waals surface area (Å²) in [6.07, 6.45) is -0.276. The Morgan fingerprint density at radius 1 is 1.10 bits per heavy atom. The van der Waals surface area contributed by atoms with Crippen LogP contribution in [0.25, 0.3) is 5.57 Å². The minimum absolute atomic E-state index is 0.322. The highest BCUT2D eigenvalue weighted by Crippen LogP contribution is 2.28. The molecular weight excluding hydrogens is 401 g/mol. The molecule has 0 saturated carbocycles. The summed E-state index contributed by atoms with van der Waals surface area (Å²) < 4.78 is 38.8. The van der Waals surface area contributed by atoms with Gasteiger partial charge in [0.15, 0.2) is 0 Å². The van der Waals surface area contributed by atoms with E-state index in [4.69, 9.17) is 0 Å². The number of alkyl halides is 3. The second-order valence-corrected chi connectivity index (χ2v) is 7.57. The predicted octanol–water partition coefficient (Wildman–Crippen LogP) is 6.00. The topological polar surface area (TPSA) is 32.3 Å². The van der Waals surface area contributed by atoms with Crippen molar-refractivity contribution in [1.29, 1.82) is 0 Å². The van der Waals surface area contributed by atoms with Crippen LogP contribution in [0.15, 0.2) is 72.8 Å². The first-order valence-electron chi connectivity index (χ1n) is 10.0. The van der Waals surface area contributed by atoms with Gasteiger partial charge in [-0.2, -0.15) is 13.2 Å². The summed E-state index contributed by atoms with van der Waals surface area (Å²) >= 11 is 0. The van der Waals surface area contributed by atoms with Gasteiger partial charge in [-0.15, -0.1) is 0 Å². The Morgan fingerprint density at radius 3 is 2.48 bits per heavy atom. The summed E-state index contributed by atoms with van der Waals surface area (Å²) in [6.45, 7) is 7.03. The summed E-state index contributed by atoms with van der Waals surface area (Å²) in [5, 5.41) is 2.91. The lowest BCUT2D eigenvalue weighted by Crippen LogP contribution is -2.26. The van der Waals surface area contributed by atoms with E-state index in [0.717, 1.165) is 31.7 Å². The van der Waals surface area contributed by atoms with Gasteiger partial charge in [0.1, 0.15) is 0 Å². The lowest BCUT2D eigenvalue weighted by Gasteiger charge is -2.25. The molecule has 31 heavy (non-hydrogen) atoms. The second-order valence-electron chi connectivity index (χ2n) is 7.57. The number of carbonyl (C=O) groups is 1. The molecule has 162 valence electrons. The van der Waals surface area contributed by atoms with Crippen molar-refractivity contribution in [3.05, 3.63) is 95.1 Å². The zero-order valence-electron chi connectivity index (χ0n) is 17.6. The molecule has 0 radical (unpaired) electrons. The van der Waals surface area contributed by atoms with Crippen molar-refractivity contribution in [3.63, 3.8) is 0 Å². The highest BCUT2D eigenvalue weighted by atomic mass is 19.4. The molecule has 2 aromatic carbocycles. The maximum absolute atomic E-state index is 12.9. The van der Waals surface area contributed by atoms with Gasteiger partial charge in [0, 0.05) is 24.3 Å². The average Bonchev–Trinajstić information content (AvgIpc) is 2.73. The summed E-state index contributed by atoms with van der Waals surface area (Å²) in [5.41, 5.74) is 3.53. The number of halogens is 3. The fraction of sp³-hybridized carbons (Fsp3) is 0.240. The molecular formula is C25H25F3N2O. The number of rotatable bonds is 5. The van der Waals surface area contributed by atoms with E-state index in [1.54, 1.807) is 24.3 Å². The fourth-order valence-electron chi connectivity index (χ4n) is 3.57. The number of likely N-dealkylation sites (N-methyl/N-ethyl adjacent to an activating group) is 1. The third-order valence-corrected chi connectivity index (χ3v) is 5.29. The molecule has 0 unspecified atom stereocenters. The minimum Gasteiger partial charge on any atom is -0.322 e. The molecule has 1 aliphatic rings. The van der Waals surface area contributed by atoms with Crippen LogP contribution in [0.1, 0.15) is 34.0 Å². The van der Waals surface area contributed by atoms with Crippen molar-refractivity contribution in [2.45, 2.75) is 26.1 Å². The Bertz CT molecular complexity index is 1050. The number of benzene rings is 2. The van der Waals surface area contributed by atoms with E-state index >= 15 is 0 Å². The smallest absolute Gasteiger partial charge is 0.322 e. The average molecular weight is 426 g/mol. The first-order valence-corrected chi connectivity index (χ1v) is 10.0. The van der Waals surface area contributed by atoms with Crippen LogP contribution in [0.4, 0.5) is 18.9 Å². The van der Waals surface area contributed by atoms with Gasteiger partial charge in [-0.05, 0) is 66.9 Å². The van der Waals surface area contributed by atoms with Crippen molar-refractivity contribution in [3.8, 4) is 0 Å². The molecule has 0 saturated heterocycles. The summed E-state index contributed by atoms with van der Waals surface area (Å²) in [7, 11) is 2.07. The molecule has 2 aromatic rings. The third-order valence-electron chi connectivity index (χ3n) is 5.29. The monoisotopic (exact) mass is 426 g/mol. The highest BCUT2D eigenvalue weighted by molar-refractivity contribution is 6.07. The number of allylic oxidation sites excluding steroid dienone is 5. The number of fused-ring (bicyclic) bond motifs is 1. The number of nitrogens with one attached hydrogen (secondary N) is 1. The number of hydrogen-bond donors (Lipinski definition) is 1. The van der Waals surface area contributed by atoms with Gasteiger partial charge in [0.2, 0.25) is 0 Å². The quantitative estimate of drug-likeness (QED) is 0.595. The van der Waals surface area contributed by atoms with Crippen molar-refractivity contribution < 1.29 is 18.0 Å². The number of anilines is 1. The Balaban J connectivity index is 1.80. The number of amides is 1. The molecule has 1 N–H and O–H groups in total. The molecule has 0 bridgehead atoms. The fourth-order valence-corrected chi connectivity index (χ4v) is 3.57. The minimum atomic E-state index is -4.44. The normalized spacial score (nSPS) is 15.1. The first-order chi connectivity index (χ1) is 14.7. The van der Waals surface area contributed by atoms with E-state index in [2.05, 4.69) is 23.8 Å². The molecule has 0 aliphatic carbocycles. The Kier molecular flexibility index (Phi) is 6.81. The Labute approximate surface area is 180 Å². The Morgan fingerprint density at radius 2 is 1.81 bits per heavy atom. The van der Waals surface area contributed by atoms with Crippen LogP contribution in [-0.2, 0) is 13.0 Å². The van der Waals surface area contributed by atoms with Crippen molar-refractivity contribution in [2.24, 2.45) is 0 Å². The zero-order chi connectivity index (χ0) is 22.6. The number of nitrogens with zero attached hydrogens (tertiary/aromatic N) is 1. The number of hydrogen-bond acceptors (Lipinski definition) is 2. The zero-order valence-corrected chi connectivity index (χ0v) is 17.6. The molecule has 0 fully saturated rings. The van der Waals surface area contributed by atoms with Crippen molar-refractivity contribution in [1.82, 2.24) is 4.90 Å². The standard InChI is InChI=1S/C25H25F3N2O/c1-4-20(25(26,27)28)11-9-17(2)22-7-5-6-8-23(22)24(31)29-21-12-10-19-16-30(3)14-13-18(19)15-21/h4-12,15H,2,13-14,16H2,1,3H3,(H,29,31)/b11-9-,20-4+. The van der Waals surface area contributed by atoms with E-state index in [1.807, 2.05) is 18.2 Å². The maximum atomic E-state index is 12.9. The molecule has 0 aromatic heterocycles. The van der Waals surface area contributed by atoms with Crippen molar-refractivity contribution >= 4 is 17.2 Å². The molecule has 1 heterocycles. The molecule has 6 heteroatoms. The maximum Gasteiger partial charge on any atom is 0.416 e.